The predicted molar refractivity (Wildman–Crippen MR) is 102 cm³/mol. The standard InChI is InChI=1S/C18H22ClN5O2/c1-3-26-17-12-16(20-13(2)21-17)23-7-9-24(10-8-23)18(25)22-15-6-4-5-14(19)11-15/h4-6,11-12H,3,7-10H2,1-2H3,(H,22,25). The van der Waals surface area contributed by atoms with Gasteiger partial charge < -0.3 is 19.9 Å². The van der Waals surface area contributed by atoms with Crippen molar-refractivity contribution in [2.45, 2.75) is 13.8 Å². The van der Waals surface area contributed by atoms with Gasteiger partial charge in [0.05, 0.1) is 6.61 Å². The number of aryl methyl sites for hydroxylation is 1. The molecule has 7 nitrogen and oxygen atoms in total. The van der Waals surface area contributed by atoms with Gasteiger partial charge >= 0.3 is 6.03 Å². The van der Waals surface area contributed by atoms with Crippen molar-refractivity contribution in [1.29, 1.82) is 0 Å². The summed E-state index contributed by atoms with van der Waals surface area (Å²) in [5, 5.41) is 3.47. The normalized spacial score (nSPS) is 14.3. The predicted octanol–water partition coefficient (Wildman–Crippen LogP) is 3.19. The van der Waals surface area contributed by atoms with E-state index in [1.54, 1.807) is 17.0 Å². The van der Waals surface area contributed by atoms with E-state index in [-0.39, 0.29) is 6.03 Å². The van der Waals surface area contributed by atoms with Crippen LogP contribution in [-0.4, -0.2) is 53.7 Å². The fraction of sp³-hybridized carbons (Fsp3) is 0.389. The quantitative estimate of drug-likeness (QED) is 0.888. The zero-order valence-electron chi connectivity index (χ0n) is 14.9. The molecular weight excluding hydrogens is 354 g/mol. The van der Waals surface area contributed by atoms with Crippen molar-refractivity contribution in [3.63, 3.8) is 0 Å². The number of rotatable bonds is 4. The Morgan fingerprint density at radius 1 is 1.23 bits per heavy atom. The third-order valence-corrected chi connectivity index (χ3v) is 4.30. The van der Waals surface area contributed by atoms with Gasteiger partial charge in [-0.05, 0) is 32.0 Å². The lowest BCUT2D eigenvalue weighted by molar-refractivity contribution is 0.208. The fourth-order valence-electron chi connectivity index (χ4n) is 2.82. The first-order chi connectivity index (χ1) is 12.5. The van der Waals surface area contributed by atoms with Gasteiger partial charge in [0, 0.05) is 43.0 Å². The minimum Gasteiger partial charge on any atom is -0.478 e. The molecule has 1 saturated heterocycles. The number of nitrogens with one attached hydrogen (secondary N) is 1. The first-order valence-electron chi connectivity index (χ1n) is 8.60. The summed E-state index contributed by atoms with van der Waals surface area (Å²) in [5.41, 5.74) is 0.692. The summed E-state index contributed by atoms with van der Waals surface area (Å²) in [7, 11) is 0. The molecule has 2 amide bonds. The Balaban J connectivity index is 1.59. The van der Waals surface area contributed by atoms with Crippen molar-refractivity contribution in [2.24, 2.45) is 0 Å². The second-order valence-electron chi connectivity index (χ2n) is 5.96. The number of anilines is 2. The summed E-state index contributed by atoms with van der Waals surface area (Å²) in [6.45, 7) is 6.96. The van der Waals surface area contributed by atoms with Crippen LogP contribution in [0.2, 0.25) is 5.02 Å². The van der Waals surface area contributed by atoms with Gasteiger partial charge in [-0.3, -0.25) is 0 Å². The summed E-state index contributed by atoms with van der Waals surface area (Å²) in [6.07, 6.45) is 0. The summed E-state index contributed by atoms with van der Waals surface area (Å²) in [5.74, 6) is 2.08. The molecule has 0 aliphatic carbocycles. The lowest BCUT2D eigenvalue weighted by atomic mass is 10.3. The van der Waals surface area contributed by atoms with Crippen LogP contribution >= 0.6 is 11.6 Å². The molecule has 3 rings (SSSR count). The number of halogens is 1. The van der Waals surface area contributed by atoms with Gasteiger partial charge in [-0.2, -0.15) is 4.98 Å². The Morgan fingerprint density at radius 3 is 2.69 bits per heavy atom. The second-order valence-corrected chi connectivity index (χ2v) is 6.40. The van der Waals surface area contributed by atoms with E-state index in [1.807, 2.05) is 32.0 Å². The molecule has 2 aromatic rings. The van der Waals surface area contributed by atoms with E-state index >= 15 is 0 Å². The minimum absolute atomic E-state index is 0.124. The van der Waals surface area contributed by atoms with Crippen molar-refractivity contribution in [3.05, 3.63) is 41.2 Å². The molecule has 1 aliphatic rings. The molecule has 1 aromatic heterocycles. The Bertz CT molecular complexity index is 778. The van der Waals surface area contributed by atoms with Crippen LogP contribution in [0.15, 0.2) is 30.3 Å². The molecule has 26 heavy (non-hydrogen) atoms. The van der Waals surface area contributed by atoms with E-state index in [9.17, 15) is 4.79 Å². The van der Waals surface area contributed by atoms with E-state index in [4.69, 9.17) is 16.3 Å². The largest absolute Gasteiger partial charge is 0.478 e. The first-order valence-corrected chi connectivity index (χ1v) is 8.98. The van der Waals surface area contributed by atoms with Crippen molar-refractivity contribution in [1.82, 2.24) is 14.9 Å². The number of carbonyl (C=O) groups is 1. The minimum atomic E-state index is -0.124. The van der Waals surface area contributed by atoms with Crippen LogP contribution in [0.5, 0.6) is 5.88 Å². The van der Waals surface area contributed by atoms with Crippen LogP contribution in [0.1, 0.15) is 12.7 Å². The molecular formula is C18H22ClN5O2. The number of benzene rings is 1. The maximum absolute atomic E-state index is 12.4. The van der Waals surface area contributed by atoms with Gasteiger partial charge in [-0.15, -0.1) is 0 Å². The smallest absolute Gasteiger partial charge is 0.321 e. The van der Waals surface area contributed by atoms with E-state index in [1.165, 1.54) is 0 Å². The van der Waals surface area contributed by atoms with E-state index < -0.39 is 0 Å². The average molecular weight is 376 g/mol. The van der Waals surface area contributed by atoms with Gasteiger partial charge in [0.2, 0.25) is 5.88 Å². The number of ether oxygens (including phenoxy) is 1. The number of urea groups is 1. The Morgan fingerprint density at radius 2 is 2.00 bits per heavy atom. The number of carbonyl (C=O) groups excluding carboxylic acids is 1. The van der Waals surface area contributed by atoms with Gasteiger partial charge in [-0.1, -0.05) is 17.7 Å². The van der Waals surface area contributed by atoms with Crippen molar-refractivity contribution >= 4 is 29.1 Å². The van der Waals surface area contributed by atoms with E-state index in [0.29, 0.717) is 55.2 Å². The molecule has 0 spiro atoms. The molecule has 0 saturated carbocycles. The zero-order valence-corrected chi connectivity index (χ0v) is 15.7. The number of aromatic nitrogens is 2. The number of piperazine rings is 1. The van der Waals surface area contributed by atoms with Crippen LogP contribution < -0.4 is 15.0 Å². The third-order valence-electron chi connectivity index (χ3n) is 4.06. The second kappa shape index (κ2) is 8.23. The third kappa shape index (κ3) is 4.54. The number of hydrogen-bond donors (Lipinski definition) is 1. The van der Waals surface area contributed by atoms with Crippen LogP contribution in [0.3, 0.4) is 0 Å². The number of amides is 2. The summed E-state index contributed by atoms with van der Waals surface area (Å²) in [6, 6.07) is 8.85. The highest BCUT2D eigenvalue weighted by molar-refractivity contribution is 6.30. The van der Waals surface area contributed by atoms with E-state index in [2.05, 4.69) is 20.2 Å². The molecule has 1 N–H and O–H groups in total. The summed E-state index contributed by atoms with van der Waals surface area (Å²) >= 11 is 5.96. The highest BCUT2D eigenvalue weighted by atomic mass is 35.5. The van der Waals surface area contributed by atoms with Crippen LogP contribution in [-0.2, 0) is 0 Å². The van der Waals surface area contributed by atoms with Crippen molar-refractivity contribution < 1.29 is 9.53 Å². The lowest BCUT2D eigenvalue weighted by Crippen LogP contribution is -2.50. The molecule has 0 unspecified atom stereocenters. The first kappa shape index (κ1) is 18.3. The molecule has 0 radical (unpaired) electrons. The molecule has 0 atom stereocenters. The van der Waals surface area contributed by atoms with Gasteiger partial charge in [0.25, 0.3) is 0 Å². The molecule has 2 heterocycles. The molecule has 1 fully saturated rings. The Hall–Kier alpha value is -2.54. The lowest BCUT2D eigenvalue weighted by Gasteiger charge is -2.35. The van der Waals surface area contributed by atoms with Gasteiger partial charge in [0.1, 0.15) is 11.6 Å². The summed E-state index contributed by atoms with van der Waals surface area (Å²) in [4.78, 5) is 25.1. The fourth-order valence-corrected chi connectivity index (χ4v) is 3.01. The molecule has 1 aromatic carbocycles. The average Bonchev–Trinajstić information content (AvgIpc) is 2.62. The van der Waals surface area contributed by atoms with Crippen LogP contribution in [0, 0.1) is 6.92 Å². The molecule has 138 valence electrons. The Kier molecular flexibility index (Phi) is 5.78. The zero-order chi connectivity index (χ0) is 18.5. The van der Waals surface area contributed by atoms with Crippen LogP contribution in [0.25, 0.3) is 0 Å². The number of nitrogens with zero attached hydrogens (tertiary/aromatic N) is 4. The maximum atomic E-state index is 12.4. The Labute approximate surface area is 157 Å². The van der Waals surface area contributed by atoms with E-state index in [0.717, 1.165) is 5.82 Å². The SMILES string of the molecule is CCOc1cc(N2CCN(C(=O)Nc3cccc(Cl)c3)CC2)nc(C)n1. The van der Waals surface area contributed by atoms with Crippen LogP contribution in [0.4, 0.5) is 16.3 Å². The summed E-state index contributed by atoms with van der Waals surface area (Å²) < 4.78 is 5.49. The molecule has 0 bridgehead atoms. The maximum Gasteiger partial charge on any atom is 0.321 e. The highest BCUT2D eigenvalue weighted by Gasteiger charge is 2.22. The number of hydrogen-bond acceptors (Lipinski definition) is 5. The highest BCUT2D eigenvalue weighted by Crippen LogP contribution is 2.20. The van der Waals surface area contributed by atoms with Gasteiger partial charge in [0.15, 0.2) is 0 Å². The molecule has 1 aliphatic heterocycles. The topological polar surface area (TPSA) is 70.6 Å². The van der Waals surface area contributed by atoms with Crippen molar-refractivity contribution in [2.75, 3.05) is 43.0 Å². The molecule has 8 heteroatoms. The van der Waals surface area contributed by atoms with Gasteiger partial charge in [-0.25, -0.2) is 9.78 Å². The van der Waals surface area contributed by atoms with Crippen molar-refractivity contribution in [3.8, 4) is 5.88 Å². The monoisotopic (exact) mass is 375 g/mol.